The highest BCUT2D eigenvalue weighted by Crippen LogP contribution is 2.35. The molecule has 0 aliphatic carbocycles. The molecule has 1 fully saturated rings. The van der Waals surface area contributed by atoms with Gasteiger partial charge in [0.15, 0.2) is 0 Å². The molecular weight excluding hydrogens is 258 g/mol. The van der Waals surface area contributed by atoms with Crippen molar-refractivity contribution >= 4 is 11.7 Å². The van der Waals surface area contributed by atoms with Crippen molar-refractivity contribution in [3.8, 4) is 5.75 Å². The molecule has 1 aromatic rings. The largest absolute Gasteiger partial charge is 0.495 e. The molecule has 0 bridgehead atoms. The molecule has 2 rings (SSSR count). The minimum Gasteiger partial charge on any atom is -0.495 e. The number of anilines is 1. The maximum atomic E-state index is 11.7. The van der Waals surface area contributed by atoms with Crippen LogP contribution in [0.2, 0.25) is 0 Å². The van der Waals surface area contributed by atoms with Crippen molar-refractivity contribution < 1.29 is 19.4 Å². The standard InChI is InChI=1S/C15H21NO4/c1-16(12-5-3-4-6-13(12)19-2)11-15(14(17)18)7-9-20-10-8-15/h3-6H,7-11H2,1-2H3,(H,17,18). The number of para-hydroxylation sites is 2. The van der Waals surface area contributed by atoms with E-state index >= 15 is 0 Å². The quantitative estimate of drug-likeness (QED) is 0.893. The second-order valence-electron chi connectivity index (χ2n) is 5.23. The first-order valence-corrected chi connectivity index (χ1v) is 6.74. The molecule has 1 aromatic carbocycles. The van der Waals surface area contributed by atoms with Gasteiger partial charge in [-0.2, -0.15) is 0 Å². The van der Waals surface area contributed by atoms with E-state index in [4.69, 9.17) is 9.47 Å². The Morgan fingerprint density at radius 1 is 1.40 bits per heavy atom. The minimum absolute atomic E-state index is 0.450. The van der Waals surface area contributed by atoms with Crippen LogP contribution in [0.25, 0.3) is 0 Å². The summed E-state index contributed by atoms with van der Waals surface area (Å²) in [6.45, 7) is 1.46. The van der Waals surface area contributed by atoms with Gasteiger partial charge in [-0.3, -0.25) is 4.79 Å². The zero-order valence-electron chi connectivity index (χ0n) is 12.0. The average molecular weight is 279 g/mol. The van der Waals surface area contributed by atoms with Crippen LogP contribution in [-0.2, 0) is 9.53 Å². The number of aliphatic carboxylic acids is 1. The summed E-state index contributed by atoms with van der Waals surface area (Å²) < 4.78 is 10.6. The summed E-state index contributed by atoms with van der Waals surface area (Å²) in [5.41, 5.74) is 0.163. The molecule has 0 atom stereocenters. The third kappa shape index (κ3) is 2.88. The molecule has 0 amide bonds. The molecule has 1 heterocycles. The Morgan fingerprint density at radius 2 is 2.05 bits per heavy atom. The minimum atomic E-state index is -0.748. The lowest BCUT2D eigenvalue weighted by Crippen LogP contribution is -2.45. The Hall–Kier alpha value is -1.75. The van der Waals surface area contributed by atoms with Crippen molar-refractivity contribution in [3.63, 3.8) is 0 Å². The van der Waals surface area contributed by atoms with Crippen LogP contribution in [0.1, 0.15) is 12.8 Å². The van der Waals surface area contributed by atoms with Crippen LogP contribution in [0, 0.1) is 5.41 Å². The summed E-state index contributed by atoms with van der Waals surface area (Å²) in [4.78, 5) is 13.6. The molecule has 5 heteroatoms. The van der Waals surface area contributed by atoms with Gasteiger partial charge in [-0.05, 0) is 25.0 Å². The molecule has 1 aliphatic rings. The van der Waals surface area contributed by atoms with Crippen LogP contribution in [0.15, 0.2) is 24.3 Å². The lowest BCUT2D eigenvalue weighted by molar-refractivity contribution is -0.154. The van der Waals surface area contributed by atoms with Gasteiger partial charge in [0.1, 0.15) is 5.75 Å². The van der Waals surface area contributed by atoms with Crippen molar-refractivity contribution in [3.05, 3.63) is 24.3 Å². The number of carbonyl (C=O) groups is 1. The van der Waals surface area contributed by atoms with Crippen molar-refractivity contribution in [2.45, 2.75) is 12.8 Å². The third-order valence-corrected chi connectivity index (χ3v) is 3.94. The van der Waals surface area contributed by atoms with E-state index in [0.29, 0.717) is 32.6 Å². The Labute approximate surface area is 119 Å². The van der Waals surface area contributed by atoms with E-state index in [2.05, 4.69) is 0 Å². The highest BCUT2D eigenvalue weighted by molar-refractivity contribution is 5.76. The Morgan fingerprint density at radius 3 is 2.65 bits per heavy atom. The van der Waals surface area contributed by atoms with E-state index in [1.807, 2.05) is 36.2 Å². The number of nitrogens with zero attached hydrogens (tertiary/aromatic N) is 1. The molecule has 0 unspecified atom stereocenters. The molecule has 0 spiro atoms. The first-order chi connectivity index (χ1) is 9.59. The highest BCUT2D eigenvalue weighted by atomic mass is 16.5. The van der Waals surface area contributed by atoms with E-state index in [9.17, 15) is 9.90 Å². The zero-order valence-corrected chi connectivity index (χ0v) is 12.0. The van der Waals surface area contributed by atoms with Crippen LogP contribution in [0.4, 0.5) is 5.69 Å². The van der Waals surface area contributed by atoms with Crippen LogP contribution in [-0.4, -0.2) is 45.0 Å². The maximum absolute atomic E-state index is 11.7. The summed E-state index contributed by atoms with van der Waals surface area (Å²) in [6, 6.07) is 7.64. The van der Waals surface area contributed by atoms with Gasteiger partial charge in [0.25, 0.3) is 0 Å². The number of hydrogen-bond acceptors (Lipinski definition) is 4. The predicted octanol–water partition coefficient (Wildman–Crippen LogP) is 2.01. The molecule has 1 aliphatic heterocycles. The average Bonchev–Trinajstić information content (AvgIpc) is 2.48. The normalized spacial score (nSPS) is 17.5. The van der Waals surface area contributed by atoms with Gasteiger partial charge >= 0.3 is 5.97 Å². The summed E-state index contributed by atoms with van der Waals surface area (Å²) in [7, 11) is 3.52. The Bertz CT molecular complexity index is 469. The summed E-state index contributed by atoms with van der Waals surface area (Å²) in [5.74, 6) is 0.00476. The van der Waals surface area contributed by atoms with Gasteiger partial charge in [0, 0.05) is 26.8 Å². The topological polar surface area (TPSA) is 59.0 Å². The molecular formula is C15H21NO4. The maximum Gasteiger partial charge on any atom is 0.311 e. The molecule has 0 saturated carbocycles. The van der Waals surface area contributed by atoms with Crippen molar-refractivity contribution in [1.82, 2.24) is 0 Å². The number of benzene rings is 1. The summed E-state index contributed by atoms with van der Waals surface area (Å²) in [6.07, 6.45) is 1.09. The van der Waals surface area contributed by atoms with Crippen molar-refractivity contribution in [1.29, 1.82) is 0 Å². The van der Waals surface area contributed by atoms with Crippen molar-refractivity contribution in [2.75, 3.05) is 38.8 Å². The van der Waals surface area contributed by atoms with Gasteiger partial charge in [-0.25, -0.2) is 0 Å². The zero-order chi connectivity index (χ0) is 14.6. The van der Waals surface area contributed by atoms with Gasteiger partial charge in [-0.15, -0.1) is 0 Å². The summed E-state index contributed by atoms with van der Waals surface area (Å²) in [5, 5.41) is 9.60. The number of carboxylic acids is 1. The van der Waals surface area contributed by atoms with Crippen LogP contribution < -0.4 is 9.64 Å². The first-order valence-electron chi connectivity index (χ1n) is 6.74. The van der Waals surface area contributed by atoms with Crippen LogP contribution >= 0.6 is 0 Å². The number of methoxy groups -OCH3 is 1. The number of rotatable bonds is 5. The molecule has 110 valence electrons. The van der Waals surface area contributed by atoms with Gasteiger partial charge in [0.2, 0.25) is 0 Å². The van der Waals surface area contributed by atoms with Gasteiger partial charge in [0.05, 0.1) is 18.2 Å². The third-order valence-electron chi connectivity index (χ3n) is 3.94. The monoisotopic (exact) mass is 279 g/mol. The molecule has 0 aromatic heterocycles. The number of hydrogen-bond donors (Lipinski definition) is 1. The SMILES string of the molecule is COc1ccccc1N(C)CC1(C(=O)O)CCOCC1. The highest BCUT2D eigenvalue weighted by Gasteiger charge is 2.41. The molecule has 5 nitrogen and oxygen atoms in total. The second kappa shape index (κ2) is 6.13. The van der Waals surface area contributed by atoms with Crippen LogP contribution in [0.3, 0.4) is 0 Å². The fourth-order valence-electron chi connectivity index (χ4n) is 2.69. The lowest BCUT2D eigenvalue weighted by Gasteiger charge is -2.37. The molecule has 20 heavy (non-hydrogen) atoms. The van der Waals surface area contributed by atoms with Gasteiger partial charge < -0.3 is 19.5 Å². The van der Waals surface area contributed by atoms with E-state index in [-0.39, 0.29) is 0 Å². The predicted molar refractivity (Wildman–Crippen MR) is 76.4 cm³/mol. The Kier molecular flexibility index (Phi) is 4.49. The molecule has 1 saturated heterocycles. The van der Waals surface area contributed by atoms with E-state index in [1.54, 1.807) is 7.11 Å². The Balaban J connectivity index is 2.20. The van der Waals surface area contributed by atoms with Crippen molar-refractivity contribution in [2.24, 2.45) is 5.41 Å². The van der Waals surface area contributed by atoms with Gasteiger partial charge in [-0.1, -0.05) is 12.1 Å². The number of carboxylic acid groups (broad SMARTS) is 1. The number of ether oxygens (including phenoxy) is 2. The van der Waals surface area contributed by atoms with Crippen LogP contribution in [0.5, 0.6) is 5.75 Å². The summed E-state index contributed by atoms with van der Waals surface area (Å²) >= 11 is 0. The fourth-order valence-corrected chi connectivity index (χ4v) is 2.69. The van der Waals surface area contributed by atoms with E-state index < -0.39 is 11.4 Å². The first kappa shape index (κ1) is 14.7. The molecule has 1 N–H and O–H groups in total. The smallest absolute Gasteiger partial charge is 0.311 e. The second-order valence-corrected chi connectivity index (χ2v) is 5.23. The lowest BCUT2D eigenvalue weighted by atomic mass is 9.79. The molecule has 0 radical (unpaired) electrons. The fraction of sp³-hybridized carbons (Fsp3) is 0.533. The van der Waals surface area contributed by atoms with E-state index in [1.165, 1.54) is 0 Å². The van der Waals surface area contributed by atoms with E-state index in [0.717, 1.165) is 11.4 Å².